The number of aliphatic imine (C=N–C) groups is 1. The first-order valence-corrected chi connectivity index (χ1v) is 10.8. The Hall–Kier alpha value is -2.74. The van der Waals surface area contributed by atoms with E-state index in [1.54, 1.807) is 24.1 Å². The molecule has 7 nitrogen and oxygen atoms in total. The maximum absolute atomic E-state index is 13.8. The number of carbonyl (C=O) groups is 3. The molecule has 3 rings (SSSR count). The summed E-state index contributed by atoms with van der Waals surface area (Å²) in [4.78, 5) is 47.2. The fourth-order valence-electron chi connectivity index (χ4n) is 3.58. The minimum absolute atomic E-state index is 0.0472. The van der Waals surface area contributed by atoms with Crippen LogP contribution in [0.1, 0.15) is 45.9 Å². The Morgan fingerprint density at radius 3 is 2.73 bits per heavy atom. The molecule has 0 unspecified atom stereocenters. The predicted molar refractivity (Wildman–Crippen MR) is 118 cm³/mol. The number of nitrogens with zero attached hydrogens (tertiary/aromatic N) is 3. The van der Waals surface area contributed by atoms with Crippen molar-refractivity contribution in [3.63, 3.8) is 0 Å². The third-order valence-corrected chi connectivity index (χ3v) is 5.74. The molecule has 0 aromatic carbocycles. The SMILES string of the molecule is CC1=CC2=NC(=O)C[C@@](C)(C(=O)N(CC(=O)NC(C)(C)C)Cc3cccs3)N2C=C1. The molecule has 3 amide bonds. The summed E-state index contributed by atoms with van der Waals surface area (Å²) < 4.78 is 0. The molecule has 0 saturated heterocycles. The Bertz CT molecular complexity index is 940. The van der Waals surface area contributed by atoms with Crippen molar-refractivity contribution in [2.45, 2.75) is 58.7 Å². The monoisotopic (exact) mass is 428 g/mol. The van der Waals surface area contributed by atoms with E-state index in [2.05, 4.69) is 10.3 Å². The first-order valence-electron chi connectivity index (χ1n) is 9.88. The van der Waals surface area contributed by atoms with Gasteiger partial charge in [-0.1, -0.05) is 6.07 Å². The molecule has 1 atom stereocenters. The van der Waals surface area contributed by atoms with Gasteiger partial charge in [0, 0.05) is 16.6 Å². The molecule has 0 saturated carbocycles. The lowest BCUT2D eigenvalue weighted by atomic mass is 9.90. The molecule has 30 heavy (non-hydrogen) atoms. The fourth-order valence-corrected chi connectivity index (χ4v) is 4.30. The van der Waals surface area contributed by atoms with Gasteiger partial charge in [-0.05, 0) is 63.8 Å². The van der Waals surface area contributed by atoms with Crippen LogP contribution in [0.15, 0.2) is 46.4 Å². The highest BCUT2D eigenvalue weighted by molar-refractivity contribution is 7.09. The maximum atomic E-state index is 13.8. The van der Waals surface area contributed by atoms with Crippen LogP contribution in [0.2, 0.25) is 0 Å². The molecule has 8 heteroatoms. The topological polar surface area (TPSA) is 82.1 Å². The molecule has 2 aliphatic heterocycles. The van der Waals surface area contributed by atoms with Gasteiger partial charge in [0.1, 0.15) is 11.4 Å². The van der Waals surface area contributed by atoms with Crippen molar-refractivity contribution in [2.24, 2.45) is 4.99 Å². The third-order valence-electron chi connectivity index (χ3n) is 4.88. The summed E-state index contributed by atoms with van der Waals surface area (Å²) in [5.41, 5.74) is -0.604. The van der Waals surface area contributed by atoms with E-state index in [1.165, 1.54) is 16.2 Å². The van der Waals surface area contributed by atoms with Crippen LogP contribution in [0.25, 0.3) is 0 Å². The van der Waals surface area contributed by atoms with Crippen LogP contribution >= 0.6 is 11.3 Å². The van der Waals surface area contributed by atoms with Crippen LogP contribution in [0.4, 0.5) is 0 Å². The number of amides is 3. The molecule has 1 aromatic heterocycles. The van der Waals surface area contributed by atoms with Crippen LogP contribution in [0.5, 0.6) is 0 Å². The average molecular weight is 429 g/mol. The first-order chi connectivity index (χ1) is 14.0. The van der Waals surface area contributed by atoms with E-state index < -0.39 is 11.1 Å². The smallest absolute Gasteiger partial charge is 0.250 e. The van der Waals surface area contributed by atoms with E-state index in [0.29, 0.717) is 12.4 Å². The van der Waals surface area contributed by atoms with Crippen molar-refractivity contribution >= 4 is 34.9 Å². The number of allylic oxidation sites excluding steroid dienone is 2. The second-order valence-corrected chi connectivity index (χ2v) is 9.96. The summed E-state index contributed by atoms with van der Waals surface area (Å²) in [6.07, 6.45) is 5.42. The Kier molecular flexibility index (Phi) is 5.99. The highest BCUT2D eigenvalue weighted by Gasteiger charge is 2.47. The highest BCUT2D eigenvalue weighted by atomic mass is 32.1. The number of amidine groups is 1. The van der Waals surface area contributed by atoms with Crippen molar-refractivity contribution in [1.29, 1.82) is 0 Å². The number of thiophene rings is 1. The van der Waals surface area contributed by atoms with Crippen molar-refractivity contribution in [3.05, 3.63) is 46.3 Å². The largest absolute Gasteiger partial charge is 0.350 e. The molecule has 1 aromatic rings. The highest BCUT2D eigenvalue weighted by Crippen LogP contribution is 2.31. The number of hydrogen-bond donors (Lipinski definition) is 1. The van der Waals surface area contributed by atoms with E-state index in [-0.39, 0.29) is 30.7 Å². The van der Waals surface area contributed by atoms with Gasteiger partial charge in [0.05, 0.1) is 19.5 Å². The number of rotatable bonds is 5. The number of fused-ring (bicyclic) bond motifs is 1. The van der Waals surface area contributed by atoms with Crippen LogP contribution in [-0.2, 0) is 20.9 Å². The Balaban J connectivity index is 1.91. The van der Waals surface area contributed by atoms with Crippen molar-refractivity contribution in [3.8, 4) is 0 Å². The minimum Gasteiger partial charge on any atom is -0.350 e. The number of carbonyl (C=O) groups excluding carboxylic acids is 3. The van der Waals surface area contributed by atoms with E-state index in [1.807, 2.05) is 51.3 Å². The Morgan fingerprint density at radius 2 is 2.10 bits per heavy atom. The molecule has 1 N–H and O–H groups in total. The van der Waals surface area contributed by atoms with E-state index >= 15 is 0 Å². The van der Waals surface area contributed by atoms with Gasteiger partial charge in [-0.2, -0.15) is 4.99 Å². The van der Waals surface area contributed by atoms with Crippen molar-refractivity contribution in [2.75, 3.05) is 6.54 Å². The van der Waals surface area contributed by atoms with Gasteiger partial charge in [0.25, 0.3) is 5.91 Å². The summed E-state index contributed by atoms with van der Waals surface area (Å²) in [5, 5.41) is 4.85. The van der Waals surface area contributed by atoms with Gasteiger partial charge in [-0.25, -0.2) is 0 Å². The summed E-state index contributed by atoms with van der Waals surface area (Å²) in [7, 11) is 0. The zero-order valence-electron chi connectivity index (χ0n) is 18.1. The molecule has 0 bridgehead atoms. The summed E-state index contributed by atoms with van der Waals surface area (Å²) in [6.45, 7) is 9.56. The van der Waals surface area contributed by atoms with E-state index in [0.717, 1.165) is 10.5 Å². The lowest BCUT2D eigenvalue weighted by molar-refractivity contribution is -0.146. The molecular formula is C22H28N4O3S. The quantitative estimate of drug-likeness (QED) is 0.782. The predicted octanol–water partition coefficient (Wildman–Crippen LogP) is 2.85. The minimum atomic E-state index is -1.15. The zero-order chi connectivity index (χ0) is 22.1. The molecule has 0 aliphatic carbocycles. The summed E-state index contributed by atoms with van der Waals surface area (Å²) >= 11 is 1.52. The zero-order valence-corrected chi connectivity index (χ0v) is 18.9. The van der Waals surface area contributed by atoms with Crippen molar-refractivity contribution in [1.82, 2.24) is 15.1 Å². The molecular weight excluding hydrogens is 400 g/mol. The average Bonchev–Trinajstić information content (AvgIpc) is 3.11. The van der Waals surface area contributed by atoms with Crippen molar-refractivity contribution < 1.29 is 14.4 Å². The molecule has 0 radical (unpaired) electrons. The Morgan fingerprint density at radius 1 is 1.37 bits per heavy atom. The van der Waals surface area contributed by atoms with Gasteiger partial charge < -0.3 is 15.1 Å². The third kappa shape index (κ3) is 4.87. The van der Waals surface area contributed by atoms with Gasteiger partial charge in [-0.15, -0.1) is 11.3 Å². The normalized spacial score (nSPS) is 21.0. The molecule has 160 valence electrons. The summed E-state index contributed by atoms with van der Waals surface area (Å²) in [5.74, 6) is -0.403. The molecule has 0 fully saturated rings. The lowest BCUT2D eigenvalue weighted by Crippen LogP contribution is -2.61. The van der Waals surface area contributed by atoms with Gasteiger partial charge >= 0.3 is 0 Å². The van der Waals surface area contributed by atoms with E-state index in [4.69, 9.17) is 0 Å². The molecule has 0 spiro atoms. The molecule has 3 heterocycles. The second kappa shape index (κ2) is 8.18. The second-order valence-electron chi connectivity index (χ2n) is 8.93. The van der Waals surface area contributed by atoms with Gasteiger partial charge in [-0.3, -0.25) is 14.4 Å². The van der Waals surface area contributed by atoms with Crippen LogP contribution < -0.4 is 5.32 Å². The molecule has 2 aliphatic rings. The van der Waals surface area contributed by atoms with Crippen LogP contribution in [0.3, 0.4) is 0 Å². The van der Waals surface area contributed by atoms with E-state index in [9.17, 15) is 14.4 Å². The van der Waals surface area contributed by atoms with Gasteiger partial charge in [0.2, 0.25) is 11.8 Å². The first kappa shape index (κ1) is 22.0. The van der Waals surface area contributed by atoms with Crippen LogP contribution in [-0.4, -0.2) is 51.0 Å². The number of hydrogen-bond acceptors (Lipinski definition) is 5. The van der Waals surface area contributed by atoms with Gasteiger partial charge in [0.15, 0.2) is 0 Å². The van der Waals surface area contributed by atoms with Crippen LogP contribution in [0, 0.1) is 0 Å². The lowest BCUT2D eigenvalue weighted by Gasteiger charge is -2.44. The summed E-state index contributed by atoms with van der Waals surface area (Å²) in [6, 6.07) is 3.84. The number of nitrogens with one attached hydrogen (secondary N) is 1. The maximum Gasteiger partial charge on any atom is 0.250 e. The Labute approximate surface area is 181 Å². The fraction of sp³-hybridized carbons (Fsp3) is 0.455. The standard InChI is InChI=1S/C22H28N4O3S/c1-15-8-9-26-17(11-15)23-18(27)12-22(26,5)20(29)25(13-16-7-6-10-30-16)14-19(28)24-21(2,3)4/h6-11H,12-14H2,1-5H3,(H,24,28)/t22-/m0/s1.